The van der Waals surface area contributed by atoms with Crippen LogP contribution < -0.4 is 5.32 Å². The van der Waals surface area contributed by atoms with Gasteiger partial charge in [-0.25, -0.2) is 0 Å². The Morgan fingerprint density at radius 1 is 1.28 bits per heavy atom. The summed E-state index contributed by atoms with van der Waals surface area (Å²) in [4.78, 5) is 9.45. The van der Waals surface area contributed by atoms with Crippen molar-refractivity contribution in [3.05, 3.63) is 0 Å². The molecule has 0 amide bonds. The summed E-state index contributed by atoms with van der Waals surface area (Å²) in [7, 11) is 1.89. The van der Waals surface area contributed by atoms with E-state index in [4.69, 9.17) is 9.47 Å². The van der Waals surface area contributed by atoms with Gasteiger partial charge in [0.1, 0.15) is 0 Å². The van der Waals surface area contributed by atoms with Gasteiger partial charge in [-0.2, -0.15) is 0 Å². The van der Waals surface area contributed by atoms with E-state index in [1.54, 1.807) is 0 Å². The van der Waals surface area contributed by atoms with Crippen molar-refractivity contribution in [1.82, 2.24) is 15.1 Å². The molecular weight excluding hydrogens is 316 g/mol. The topological polar surface area (TPSA) is 49.3 Å². The van der Waals surface area contributed by atoms with E-state index in [2.05, 4.69) is 40.9 Å². The average molecular weight is 355 g/mol. The number of guanidine groups is 1. The fourth-order valence-electron chi connectivity index (χ4n) is 3.80. The molecule has 2 saturated heterocycles. The zero-order valence-corrected chi connectivity index (χ0v) is 16.7. The van der Waals surface area contributed by atoms with Gasteiger partial charge < -0.3 is 19.7 Å². The van der Waals surface area contributed by atoms with Crippen LogP contribution in [0, 0.1) is 11.8 Å². The van der Waals surface area contributed by atoms with Crippen molar-refractivity contribution in [3.8, 4) is 0 Å². The molecule has 0 spiro atoms. The first-order valence-corrected chi connectivity index (χ1v) is 10.0. The molecule has 6 heteroatoms. The summed E-state index contributed by atoms with van der Waals surface area (Å²) >= 11 is 0. The molecule has 0 aromatic rings. The van der Waals surface area contributed by atoms with Crippen LogP contribution in [0.4, 0.5) is 0 Å². The predicted octanol–water partition coefficient (Wildman–Crippen LogP) is 1.67. The van der Waals surface area contributed by atoms with E-state index in [0.29, 0.717) is 12.0 Å². The molecular formula is C19H38N4O2. The zero-order valence-electron chi connectivity index (χ0n) is 16.7. The number of nitrogens with zero attached hydrogens (tertiary/aromatic N) is 3. The Hall–Kier alpha value is -0.850. The molecule has 0 radical (unpaired) electrons. The van der Waals surface area contributed by atoms with Crippen LogP contribution in [-0.2, 0) is 9.47 Å². The molecule has 0 aliphatic carbocycles. The Morgan fingerprint density at radius 2 is 2.04 bits per heavy atom. The van der Waals surface area contributed by atoms with E-state index in [1.807, 2.05) is 7.05 Å². The zero-order chi connectivity index (χ0) is 18.1. The molecule has 2 aliphatic rings. The number of morpholine rings is 1. The largest absolute Gasteiger partial charge is 0.379 e. The van der Waals surface area contributed by atoms with Crippen molar-refractivity contribution in [2.75, 3.05) is 66.1 Å². The molecule has 2 fully saturated rings. The van der Waals surface area contributed by atoms with Gasteiger partial charge in [0.2, 0.25) is 0 Å². The third kappa shape index (κ3) is 6.76. The second kappa shape index (κ2) is 11.0. The number of likely N-dealkylation sites (tertiary alicyclic amines) is 1. The number of rotatable bonds is 8. The maximum Gasteiger partial charge on any atom is 0.193 e. The highest BCUT2D eigenvalue weighted by molar-refractivity contribution is 5.80. The SMILES string of the molecule is CCOC(CCNC(=NC)N1CCC(CN2CCOCC2)C1)C(C)C. The summed E-state index contributed by atoms with van der Waals surface area (Å²) < 4.78 is 11.3. The molecule has 2 rings (SSSR count). The number of hydrogen-bond acceptors (Lipinski definition) is 4. The molecule has 1 N–H and O–H groups in total. The Labute approximate surface area is 153 Å². The molecule has 2 aliphatic heterocycles. The smallest absolute Gasteiger partial charge is 0.193 e. The van der Waals surface area contributed by atoms with Gasteiger partial charge >= 0.3 is 0 Å². The quantitative estimate of drug-likeness (QED) is 0.531. The lowest BCUT2D eigenvalue weighted by Gasteiger charge is -2.29. The molecule has 0 saturated carbocycles. The van der Waals surface area contributed by atoms with E-state index in [-0.39, 0.29) is 0 Å². The van der Waals surface area contributed by atoms with Crippen molar-refractivity contribution in [3.63, 3.8) is 0 Å². The monoisotopic (exact) mass is 354 g/mol. The fraction of sp³-hybridized carbons (Fsp3) is 0.947. The number of hydrogen-bond donors (Lipinski definition) is 1. The van der Waals surface area contributed by atoms with Crippen LogP contribution >= 0.6 is 0 Å². The number of aliphatic imine (C=N–C) groups is 1. The van der Waals surface area contributed by atoms with Crippen LogP contribution in [0.3, 0.4) is 0 Å². The van der Waals surface area contributed by atoms with Crippen LogP contribution in [0.5, 0.6) is 0 Å². The third-order valence-electron chi connectivity index (χ3n) is 5.25. The molecule has 146 valence electrons. The summed E-state index contributed by atoms with van der Waals surface area (Å²) in [5.41, 5.74) is 0. The Kier molecular flexibility index (Phi) is 8.99. The summed E-state index contributed by atoms with van der Waals surface area (Å²) in [5.74, 6) is 2.33. The van der Waals surface area contributed by atoms with Gasteiger partial charge in [0.25, 0.3) is 0 Å². The van der Waals surface area contributed by atoms with Gasteiger partial charge in [0.05, 0.1) is 19.3 Å². The van der Waals surface area contributed by atoms with E-state index in [1.165, 1.54) is 13.0 Å². The van der Waals surface area contributed by atoms with Crippen molar-refractivity contribution in [2.45, 2.75) is 39.7 Å². The van der Waals surface area contributed by atoms with E-state index in [9.17, 15) is 0 Å². The fourth-order valence-corrected chi connectivity index (χ4v) is 3.80. The molecule has 2 unspecified atom stereocenters. The Balaban J connectivity index is 1.71. The molecule has 0 aromatic carbocycles. The lowest BCUT2D eigenvalue weighted by Crippen LogP contribution is -2.43. The maximum absolute atomic E-state index is 5.84. The summed E-state index contributed by atoms with van der Waals surface area (Å²) in [5, 5.41) is 3.54. The first-order valence-electron chi connectivity index (χ1n) is 10.0. The second-order valence-electron chi connectivity index (χ2n) is 7.51. The summed E-state index contributed by atoms with van der Waals surface area (Å²) in [6.45, 7) is 15.6. The minimum absolute atomic E-state index is 0.322. The highest BCUT2D eigenvalue weighted by Gasteiger charge is 2.27. The van der Waals surface area contributed by atoms with Gasteiger partial charge in [-0.1, -0.05) is 13.8 Å². The average Bonchev–Trinajstić information content (AvgIpc) is 3.06. The highest BCUT2D eigenvalue weighted by Crippen LogP contribution is 2.18. The van der Waals surface area contributed by atoms with Crippen molar-refractivity contribution < 1.29 is 9.47 Å². The minimum Gasteiger partial charge on any atom is -0.379 e. The second-order valence-corrected chi connectivity index (χ2v) is 7.51. The van der Waals surface area contributed by atoms with Crippen molar-refractivity contribution in [2.24, 2.45) is 16.8 Å². The molecule has 0 aromatic heterocycles. The Bertz CT molecular complexity index is 397. The molecule has 2 atom stereocenters. The first-order chi connectivity index (χ1) is 12.1. The summed E-state index contributed by atoms with van der Waals surface area (Å²) in [6, 6.07) is 0. The van der Waals surface area contributed by atoms with Gasteiger partial charge in [-0.15, -0.1) is 0 Å². The molecule has 25 heavy (non-hydrogen) atoms. The van der Waals surface area contributed by atoms with Gasteiger partial charge in [0.15, 0.2) is 5.96 Å². The van der Waals surface area contributed by atoms with E-state index < -0.39 is 0 Å². The maximum atomic E-state index is 5.84. The summed E-state index contributed by atoms with van der Waals surface area (Å²) in [6.07, 6.45) is 2.60. The highest BCUT2D eigenvalue weighted by atomic mass is 16.5. The molecule has 6 nitrogen and oxygen atoms in total. The van der Waals surface area contributed by atoms with E-state index >= 15 is 0 Å². The lowest BCUT2D eigenvalue weighted by atomic mass is 10.0. The molecule has 2 heterocycles. The van der Waals surface area contributed by atoms with Crippen LogP contribution in [0.15, 0.2) is 4.99 Å². The van der Waals surface area contributed by atoms with Gasteiger partial charge in [-0.05, 0) is 31.6 Å². The minimum atomic E-state index is 0.322. The first kappa shape index (κ1) is 20.5. The lowest BCUT2D eigenvalue weighted by molar-refractivity contribution is 0.0257. The number of nitrogens with one attached hydrogen (secondary N) is 1. The van der Waals surface area contributed by atoms with Crippen LogP contribution in [-0.4, -0.2) is 88.0 Å². The predicted molar refractivity (Wildman–Crippen MR) is 103 cm³/mol. The van der Waals surface area contributed by atoms with Crippen LogP contribution in [0.25, 0.3) is 0 Å². The Morgan fingerprint density at radius 3 is 2.68 bits per heavy atom. The standard InChI is InChI=1S/C19H38N4O2/c1-5-25-18(16(2)3)6-8-21-19(20-4)23-9-7-17(15-23)14-22-10-12-24-13-11-22/h16-18H,5-15H2,1-4H3,(H,20,21). The van der Waals surface area contributed by atoms with Gasteiger partial charge in [-0.3, -0.25) is 9.89 Å². The van der Waals surface area contributed by atoms with Crippen molar-refractivity contribution >= 4 is 5.96 Å². The van der Waals surface area contributed by atoms with Gasteiger partial charge in [0, 0.05) is 52.9 Å². The van der Waals surface area contributed by atoms with Crippen LogP contribution in [0.1, 0.15) is 33.6 Å². The van der Waals surface area contributed by atoms with E-state index in [0.717, 1.165) is 70.8 Å². The normalized spacial score (nSPS) is 24.1. The van der Waals surface area contributed by atoms with Crippen LogP contribution in [0.2, 0.25) is 0 Å². The number of ether oxygens (including phenoxy) is 2. The third-order valence-corrected chi connectivity index (χ3v) is 5.25. The van der Waals surface area contributed by atoms with Crippen molar-refractivity contribution in [1.29, 1.82) is 0 Å². The molecule has 0 bridgehead atoms.